The maximum absolute atomic E-state index is 13.5. The number of hydrogen-bond acceptors (Lipinski definition) is 6. The Hall–Kier alpha value is -4.28. The summed E-state index contributed by atoms with van der Waals surface area (Å²) in [6, 6.07) is 9.44. The van der Waals surface area contributed by atoms with Gasteiger partial charge in [-0.2, -0.15) is 18.3 Å². The summed E-state index contributed by atoms with van der Waals surface area (Å²) >= 11 is 0. The molecule has 0 aromatic carbocycles. The van der Waals surface area contributed by atoms with Gasteiger partial charge in [-0.15, -0.1) is 0 Å². The van der Waals surface area contributed by atoms with E-state index in [-0.39, 0.29) is 23.0 Å². The van der Waals surface area contributed by atoms with Gasteiger partial charge in [-0.25, -0.2) is 14.6 Å². The number of carbonyl (C=O) groups excluding carboxylic acids is 1. The minimum atomic E-state index is -4.67. The monoisotopic (exact) mass is 426 g/mol. The van der Waals surface area contributed by atoms with Crippen LogP contribution in [-0.4, -0.2) is 35.7 Å². The molecule has 0 unspecified atom stereocenters. The number of nitrogens with one attached hydrogen (secondary N) is 1. The highest BCUT2D eigenvalue weighted by Crippen LogP contribution is 2.33. The molecule has 0 atom stereocenters. The van der Waals surface area contributed by atoms with Gasteiger partial charge >= 0.3 is 6.18 Å². The zero-order valence-corrected chi connectivity index (χ0v) is 15.6. The lowest BCUT2D eigenvalue weighted by atomic mass is 10.2. The van der Waals surface area contributed by atoms with Crippen LogP contribution in [0.15, 0.2) is 67.3 Å². The number of pyridine rings is 3. The van der Waals surface area contributed by atoms with E-state index in [0.717, 1.165) is 12.3 Å². The number of anilines is 1. The molecule has 156 valence electrons. The van der Waals surface area contributed by atoms with Crippen LogP contribution in [-0.2, 0) is 6.18 Å². The number of hydrogen-bond donors (Lipinski definition) is 2. The lowest BCUT2D eigenvalue weighted by Crippen LogP contribution is -2.15. The first-order valence-electron chi connectivity index (χ1n) is 8.82. The van der Waals surface area contributed by atoms with E-state index in [4.69, 9.17) is 0 Å². The van der Waals surface area contributed by atoms with Crippen LogP contribution < -0.4 is 5.32 Å². The second-order valence-corrected chi connectivity index (χ2v) is 6.33. The van der Waals surface area contributed by atoms with Crippen LogP contribution in [0, 0.1) is 0 Å². The topological polar surface area (TPSA) is 106 Å². The third-order valence-corrected chi connectivity index (χ3v) is 4.19. The lowest BCUT2D eigenvalue weighted by Gasteiger charge is -2.10. The van der Waals surface area contributed by atoms with Crippen molar-refractivity contribution in [3.8, 4) is 23.0 Å². The summed E-state index contributed by atoms with van der Waals surface area (Å²) < 4.78 is 41.3. The van der Waals surface area contributed by atoms with Crippen LogP contribution >= 0.6 is 0 Å². The molecule has 1 amide bonds. The van der Waals surface area contributed by atoms with Gasteiger partial charge in [0.15, 0.2) is 11.5 Å². The van der Waals surface area contributed by atoms with Crippen LogP contribution in [0.1, 0.15) is 16.1 Å². The molecule has 0 saturated heterocycles. The van der Waals surface area contributed by atoms with Crippen molar-refractivity contribution in [1.29, 1.82) is 0 Å². The maximum Gasteiger partial charge on any atom is 0.433 e. The van der Waals surface area contributed by atoms with E-state index in [1.165, 1.54) is 42.9 Å². The highest BCUT2D eigenvalue weighted by molar-refractivity contribution is 6.04. The van der Waals surface area contributed by atoms with Crippen molar-refractivity contribution in [2.75, 3.05) is 5.32 Å². The Morgan fingerprint density at radius 2 is 1.87 bits per heavy atom. The molecule has 4 aromatic rings. The molecule has 11 heteroatoms. The second-order valence-electron chi connectivity index (χ2n) is 6.33. The average Bonchev–Trinajstić information content (AvgIpc) is 3.22. The first-order valence-corrected chi connectivity index (χ1v) is 8.82. The summed E-state index contributed by atoms with van der Waals surface area (Å²) in [6.07, 6.45) is 0.645. The molecule has 0 aliphatic heterocycles. The zero-order chi connectivity index (χ0) is 22.0. The van der Waals surface area contributed by atoms with E-state index in [1.807, 2.05) is 0 Å². The van der Waals surface area contributed by atoms with Gasteiger partial charge in [0.25, 0.3) is 5.91 Å². The number of alkyl halides is 3. The molecule has 0 aliphatic carbocycles. The van der Waals surface area contributed by atoms with Crippen LogP contribution in [0.5, 0.6) is 5.88 Å². The number of halogens is 3. The summed E-state index contributed by atoms with van der Waals surface area (Å²) in [6.45, 7) is 0. The number of nitrogens with zero attached hydrogens (tertiary/aromatic N) is 5. The normalized spacial score (nSPS) is 11.3. The van der Waals surface area contributed by atoms with Crippen molar-refractivity contribution < 1.29 is 23.1 Å². The highest BCUT2D eigenvalue weighted by Gasteiger charge is 2.36. The molecule has 8 nitrogen and oxygen atoms in total. The highest BCUT2D eigenvalue weighted by atomic mass is 19.4. The third kappa shape index (κ3) is 4.34. The third-order valence-electron chi connectivity index (χ3n) is 4.19. The van der Waals surface area contributed by atoms with Gasteiger partial charge in [0, 0.05) is 30.2 Å². The number of carbonyl (C=O) groups is 1. The smallest absolute Gasteiger partial charge is 0.433 e. The molecular formula is C20H13F3N6O2. The van der Waals surface area contributed by atoms with E-state index in [1.54, 1.807) is 12.1 Å². The molecule has 0 spiro atoms. The van der Waals surface area contributed by atoms with Crippen LogP contribution in [0.25, 0.3) is 17.1 Å². The van der Waals surface area contributed by atoms with Crippen molar-refractivity contribution in [3.63, 3.8) is 0 Å². The van der Waals surface area contributed by atoms with Gasteiger partial charge in [0.2, 0.25) is 5.88 Å². The van der Waals surface area contributed by atoms with Crippen LogP contribution in [0.3, 0.4) is 0 Å². The first kappa shape index (κ1) is 20.0. The summed E-state index contributed by atoms with van der Waals surface area (Å²) in [7, 11) is 0. The SMILES string of the molecule is O=C(Nc1ccc(O)nc1)c1ccc(-n2nc(-c3cccnc3)cc2C(F)(F)F)nc1. The Kier molecular flexibility index (Phi) is 5.07. The second kappa shape index (κ2) is 7.86. The number of amides is 1. The number of aromatic hydroxyl groups is 1. The minimum Gasteiger partial charge on any atom is -0.493 e. The molecule has 0 radical (unpaired) electrons. The largest absolute Gasteiger partial charge is 0.493 e. The standard InChI is InChI=1S/C20H13F3N6O2/c21-20(22,23)16-8-15(12-2-1-7-24-9-12)28-29(16)17-5-3-13(10-25-17)19(31)27-14-4-6-18(30)26-11-14/h1-11H,(H,26,30)(H,27,31). The lowest BCUT2D eigenvalue weighted by molar-refractivity contribution is -0.142. The molecule has 0 bridgehead atoms. The van der Waals surface area contributed by atoms with Gasteiger partial charge < -0.3 is 10.4 Å². The molecule has 0 aliphatic rings. The van der Waals surface area contributed by atoms with Crippen molar-refractivity contribution >= 4 is 11.6 Å². The summed E-state index contributed by atoms with van der Waals surface area (Å²) in [5.74, 6) is -0.848. The van der Waals surface area contributed by atoms with Gasteiger partial charge in [-0.05, 0) is 36.4 Å². The fourth-order valence-electron chi connectivity index (χ4n) is 2.72. The number of rotatable bonds is 4. The minimum absolute atomic E-state index is 0.0869. The molecule has 4 heterocycles. The Bertz CT molecular complexity index is 1210. The summed E-state index contributed by atoms with van der Waals surface area (Å²) in [5.41, 5.74) is -0.0511. The van der Waals surface area contributed by atoms with Crippen molar-refractivity contribution in [1.82, 2.24) is 24.7 Å². The average molecular weight is 426 g/mol. The Morgan fingerprint density at radius 1 is 1.03 bits per heavy atom. The van der Waals surface area contributed by atoms with Gasteiger partial charge in [-0.3, -0.25) is 9.78 Å². The first-order chi connectivity index (χ1) is 14.8. The molecule has 0 saturated carbocycles. The predicted molar refractivity (Wildman–Crippen MR) is 103 cm³/mol. The van der Waals surface area contributed by atoms with E-state index < -0.39 is 17.8 Å². The molecule has 0 fully saturated rings. The summed E-state index contributed by atoms with van der Waals surface area (Å²) in [5, 5.41) is 15.7. The van der Waals surface area contributed by atoms with Crippen LogP contribution in [0.4, 0.5) is 18.9 Å². The predicted octanol–water partition coefficient (Wildman–Crippen LogP) is 3.70. The van der Waals surface area contributed by atoms with E-state index >= 15 is 0 Å². The number of aromatic nitrogens is 5. The van der Waals surface area contributed by atoms with E-state index in [9.17, 15) is 23.1 Å². The van der Waals surface area contributed by atoms with Gasteiger partial charge in [-0.1, -0.05) is 0 Å². The Balaban J connectivity index is 1.63. The maximum atomic E-state index is 13.5. The van der Waals surface area contributed by atoms with E-state index in [0.29, 0.717) is 15.9 Å². The molecule has 4 rings (SSSR count). The Morgan fingerprint density at radius 3 is 2.48 bits per heavy atom. The summed E-state index contributed by atoms with van der Waals surface area (Å²) in [4.78, 5) is 23.8. The van der Waals surface area contributed by atoms with E-state index in [2.05, 4.69) is 25.4 Å². The van der Waals surface area contributed by atoms with Crippen LogP contribution in [0.2, 0.25) is 0 Å². The van der Waals surface area contributed by atoms with Crippen molar-refractivity contribution in [2.24, 2.45) is 0 Å². The quantitative estimate of drug-likeness (QED) is 0.516. The molecule has 2 N–H and O–H groups in total. The fraction of sp³-hybridized carbons (Fsp3) is 0.0500. The fourth-order valence-corrected chi connectivity index (χ4v) is 2.72. The Labute approximate surface area is 173 Å². The zero-order valence-electron chi connectivity index (χ0n) is 15.6. The van der Waals surface area contributed by atoms with Crippen molar-refractivity contribution in [2.45, 2.75) is 6.18 Å². The molecular weight excluding hydrogens is 413 g/mol. The van der Waals surface area contributed by atoms with Gasteiger partial charge in [0.1, 0.15) is 0 Å². The molecule has 4 aromatic heterocycles. The van der Waals surface area contributed by atoms with Gasteiger partial charge in [0.05, 0.1) is 23.1 Å². The molecule has 31 heavy (non-hydrogen) atoms. The van der Waals surface area contributed by atoms with Crippen molar-refractivity contribution in [3.05, 3.63) is 78.5 Å².